The number of carboxylic acids is 1. The number of imide groups is 1. The number of halogens is 1. The lowest BCUT2D eigenvalue weighted by Gasteiger charge is -2.29. The zero-order chi connectivity index (χ0) is 22.4. The fraction of sp³-hybridized carbons (Fsp3) is 0.125. The number of rotatable bonds is 4. The van der Waals surface area contributed by atoms with Gasteiger partial charge in [-0.25, -0.2) is 14.8 Å². The van der Waals surface area contributed by atoms with Crippen molar-refractivity contribution < 1.29 is 24.3 Å². The smallest absolute Gasteiger partial charge is 0.336 e. The predicted molar refractivity (Wildman–Crippen MR) is 117 cm³/mol. The van der Waals surface area contributed by atoms with Gasteiger partial charge in [0.15, 0.2) is 6.10 Å². The molecule has 1 N–H and O–H groups in total. The summed E-state index contributed by atoms with van der Waals surface area (Å²) in [5.41, 5.74) is 1.40. The molecule has 2 amide bonds. The Morgan fingerprint density at radius 2 is 1.56 bits per heavy atom. The third kappa shape index (κ3) is 3.14. The Bertz CT molecular complexity index is 1230. The molecule has 0 radical (unpaired) electrons. The van der Waals surface area contributed by atoms with E-state index in [0.717, 1.165) is 4.90 Å². The molecule has 160 valence electrons. The third-order valence-corrected chi connectivity index (χ3v) is 5.94. The van der Waals surface area contributed by atoms with Gasteiger partial charge in [-0.05, 0) is 42.0 Å². The van der Waals surface area contributed by atoms with Gasteiger partial charge in [-0.1, -0.05) is 54.1 Å². The first-order valence-electron chi connectivity index (χ1n) is 9.94. The summed E-state index contributed by atoms with van der Waals surface area (Å²) < 4.78 is 0. The molecule has 3 aromatic rings. The van der Waals surface area contributed by atoms with Crippen molar-refractivity contribution in [3.63, 3.8) is 0 Å². The average Bonchev–Trinajstić information content (AvgIpc) is 3.30. The van der Waals surface area contributed by atoms with Gasteiger partial charge in [0.25, 0.3) is 5.91 Å². The van der Waals surface area contributed by atoms with E-state index in [1.807, 2.05) is 6.07 Å². The van der Waals surface area contributed by atoms with Gasteiger partial charge in [0.05, 0.1) is 23.0 Å². The van der Waals surface area contributed by atoms with Crippen molar-refractivity contribution in [1.82, 2.24) is 0 Å². The van der Waals surface area contributed by atoms with Crippen LogP contribution in [0.5, 0.6) is 0 Å². The molecule has 0 aromatic heterocycles. The number of hydrogen-bond donors (Lipinski definition) is 1. The number of hydrogen-bond acceptors (Lipinski definition) is 5. The largest absolute Gasteiger partial charge is 0.478 e. The second-order valence-corrected chi connectivity index (χ2v) is 7.98. The van der Waals surface area contributed by atoms with E-state index in [0.29, 0.717) is 22.0 Å². The van der Waals surface area contributed by atoms with E-state index < -0.39 is 35.8 Å². The highest BCUT2D eigenvalue weighted by Gasteiger charge is 2.60. The minimum Gasteiger partial charge on any atom is -0.478 e. The maximum atomic E-state index is 13.6. The molecule has 3 aromatic carbocycles. The SMILES string of the molecule is O=C(O)c1ccccc1C1C2C(=O)N(c3cccc(Cl)c3)C(=O)C2ON1c1ccccc1. The van der Waals surface area contributed by atoms with Crippen LogP contribution in [0.25, 0.3) is 0 Å². The van der Waals surface area contributed by atoms with Gasteiger partial charge < -0.3 is 5.11 Å². The minimum absolute atomic E-state index is 0.0455. The van der Waals surface area contributed by atoms with Crippen molar-refractivity contribution in [2.75, 3.05) is 9.96 Å². The minimum atomic E-state index is -1.12. The molecular formula is C24H17ClN2O5. The van der Waals surface area contributed by atoms with Gasteiger partial charge in [0, 0.05) is 5.02 Å². The standard InChI is InChI=1S/C24H17ClN2O5/c25-14-7-6-10-16(13-14)26-22(28)19-20(17-11-4-5-12-18(17)24(30)31)27(32-21(19)23(26)29)15-8-2-1-3-9-15/h1-13,19-21H,(H,30,31). The molecular weight excluding hydrogens is 432 g/mol. The first-order valence-corrected chi connectivity index (χ1v) is 10.3. The van der Waals surface area contributed by atoms with Crippen LogP contribution in [0, 0.1) is 5.92 Å². The van der Waals surface area contributed by atoms with Crippen molar-refractivity contribution in [3.8, 4) is 0 Å². The fourth-order valence-electron chi connectivity index (χ4n) is 4.35. The number of nitrogens with zero attached hydrogens (tertiary/aromatic N) is 2. The monoisotopic (exact) mass is 448 g/mol. The maximum absolute atomic E-state index is 13.6. The lowest BCUT2D eigenvalue weighted by atomic mass is 9.88. The van der Waals surface area contributed by atoms with E-state index in [4.69, 9.17) is 16.4 Å². The molecule has 2 saturated heterocycles. The Labute approximate surface area is 188 Å². The summed E-state index contributed by atoms with van der Waals surface area (Å²) in [6.07, 6.45) is -1.09. The van der Waals surface area contributed by atoms with Crippen LogP contribution >= 0.6 is 11.6 Å². The van der Waals surface area contributed by atoms with E-state index >= 15 is 0 Å². The zero-order valence-electron chi connectivity index (χ0n) is 16.6. The number of amides is 2. The number of carbonyl (C=O) groups excluding carboxylic acids is 2. The number of hydroxylamine groups is 1. The number of anilines is 2. The summed E-state index contributed by atoms with van der Waals surface area (Å²) in [5.74, 6) is -3.04. The van der Waals surface area contributed by atoms with Crippen LogP contribution in [0.15, 0.2) is 78.9 Å². The highest BCUT2D eigenvalue weighted by molar-refractivity contribution is 6.31. The summed E-state index contributed by atoms with van der Waals surface area (Å²) in [6.45, 7) is 0. The third-order valence-electron chi connectivity index (χ3n) is 5.70. The van der Waals surface area contributed by atoms with Crippen LogP contribution in [-0.2, 0) is 14.4 Å². The molecule has 3 atom stereocenters. The molecule has 2 heterocycles. The highest BCUT2D eigenvalue weighted by atomic mass is 35.5. The Kier molecular flexibility index (Phi) is 4.92. The molecule has 8 heteroatoms. The van der Waals surface area contributed by atoms with E-state index in [2.05, 4.69) is 0 Å². The van der Waals surface area contributed by atoms with Crippen molar-refractivity contribution >= 4 is 40.8 Å². The molecule has 7 nitrogen and oxygen atoms in total. The van der Waals surface area contributed by atoms with Gasteiger partial charge in [-0.2, -0.15) is 0 Å². The fourth-order valence-corrected chi connectivity index (χ4v) is 4.53. The summed E-state index contributed by atoms with van der Waals surface area (Å²) in [7, 11) is 0. The van der Waals surface area contributed by atoms with Gasteiger partial charge in [-0.15, -0.1) is 0 Å². The van der Waals surface area contributed by atoms with E-state index in [-0.39, 0.29) is 5.56 Å². The maximum Gasteiger partial charge on any atom is 0.336 e. The number of fused-ring (bicyclic) bond motifs is 1. The quantitative estimate of drug-likeness (QED) is 0.605. The van der Waals surface area contributed by atoms with Crippen LogP contribution in [0.1, 0.15) is 22.0 Å². The molecule has 5 rings (SSSR count). The predicted octanol–water partition coefficient (Wildman–Crippen LogP) is 4.09. The molecule has 0 aliphatic carbocycles. The summed E-state index contributed by atoms with van der Waals surface area (Å²) in [6, 6.07) is 21.1. The van der Waals surface area contributed by atoms with Gasteiger partial charge in [0.2, 0.25) is 5.91 Å². The Balaban J connectivity index is 1.64. The lowest BCUT2D eigenvalue weighted by Crippen LogP contribution is -2.37. The molecule has 0 bridgehead atoms. The Hall–Kier alpha value is -3.68. The van der Waals surface area contributed by atoms with Crippen molar-refractivity contribution in [3.05, 3.63) is 95.0 Å². The van der Waals surface area contributed by atoms with Crippen molar-refractivity contribution in [1.29, 1.82) is 0 Å². The Morgan fingerprint density at radius 3 is 2.28 bits per heavy atom. The van der Waals surface area contributed by atoms with E-state index in [1.54, 1.807) is 60.7 Å². The van der Waals surface area contributed by atoms with Crippen LogP contribution in [0.4, 0.5) is 11.4 Å². The van der Waals surface area contributed by atoms with Gasteiger partial charge in [0.1, 0.15) is 5.92 Å². The molecule has 2 aliphatic heterocycles. The normalized spacial score (nSPS) is 22.3. The molecule has 2 aliphatic rings. The number of carbonyl (C=O) groups is 3. The first kappa shape index (κ1) is 20.2. The average molecular weight is 449 g/mol. The first-order chi connectivity index (χ1) is 15.5. The Morgan fingerprint density at radius 1 is 0.875 bits per heavy atom. The van der Waals surface area contributed by atoms with Crippen molar-refractivity contribution in [2.45, 2.75) is 12.1 Å². The van der Waals surface area contributed by atoms with Gasteiger partial charge in [-0.3, -0.25) is 14.4 Å². The molecule has 3 unspecified atom stereocenters. The summed E-state index contributed by atoms with van der Waals surface area (Å²) >= 11 is 6.07. The van der Waals surface area contributed by atoms with Crippen LogP contribution in [-0.4, -0.2) is 29.0 Å². The molecule has 2 fully saturated rings. The number of carboxylic acid groups (broad SMARTS) is 1. The second-order valence-electron chi connectivity index (χ2n) is 7.54. The molecule has 32 heavy (non-hydrogen) atoms. The summed E-state index contributed by atoms with van der Waals surface area (Å²) in [4.78, 5) is 45.9. The number of benzene rings is 3. The van der Waals surface area contributed by atoms with E-state index in [9.17, 15) is 19.5 Å². The molecule has 0 spiro atoms. The topological polar surface area (TPSA) is 87.2 Å². The van der Waals surface area contributed by atoms with Gasteiger partial charge >= 0.3 is 5.97 Å². The van der Waals surface area contributed by atoms with Crippen LogP contribution in [0.2, 0.25) is 5.02 Å². The summed E-state index contributed by atoms with van der Waals surface area (Å²) in [5, 5.41) is 11.6. The van der Waals surface area contributed by atoms with Crippen LogP contribution < -0.4 is 9.96 Å². The highest BCUT2D eigenvalue weighted by Crippen LogP contribution is 2.48. The number of aromatic carboxylic acids is 1. The number of para-hydroxylation sites is 1. The van der Waals surface area contributed by atoms with Crippen molar-refractivity contribution in [2.24, 2.45) is 5.92 Å². The second kappa shape index (κ2) is 7.78. The molecule has 0 saturated carbocycles. The zero-order valence-corrected chi connectivity index (χ0v) is 17.3. The lowest BCUT2D eigenvalue weighted by molar-refractivity contribution is -0.126. The van der Waals surface area contributed by atoms with Crippen LogP contribution in [0.3, 0.4) is 0 Å². The van der Waals surface area contributed by atoms with E-state index in [1.165, 1.54) is 17.2 Å².